The Morgan fingerprint density at radius 1 is 1.33 bits per heavy atom. The van der Waals surface area contributed by atoms with Crippen molar-refractivity contribution in [3.05, 3.63) is 29.3 Å². The smallest absolute Gasteiger partial charge is 0.127 e. The molecule has 1 unspecified atom stereocenters. The molecule has 1 aromatic rings. The third kappa shape index (κ3) is 2.37. The fraction of sp³-hybridized carbons (Fsp3) is 0.600. The Labute approximate surface area is 108 Å². The first-order chi connectivity index (χ1) is 8.84. The summed E-state index contributed by atoms with van der Waals surface area (Å²) in [6.45, 7) is 2.53. The van der Waals surface area contributed by atoms with Gasteiger partial charge >= 0.3 is 0 Å². The predicted molar refractivity (Wildman–Crippen MR) is 70.6 cm³/mol. The highest BCUT2D eigenvalue weighted by molar-refractivity contribution is 5.61. The second-order valence-electron chi connectivity index (χ2n) is 5.32. The van der Waals surface area contributed by atoms with Crippen molar-refractivity contribution in [3.63, 3.8) is 0 Å². The van der Waals surface area contributed by atoms with Crippen LogP contribution >= 0.6 is 0 Å². The van der Waals surface area contributed by atoms with E-state index in [4.69, 9.17) is 4.74 Å². The SMILES string of the molecule is FC(CC1CCOCC1)c1cccc2c1NCC2. The highest BCUT2D eigenvalue weighted by Crippen LogP contribution is 2.37. The van der Waals surface area contributed by atoms with Gasteiger partial charge in [0.2, 0.25) is 0 Å². The monoisotopic (exact) mass is 249 g/mol. The van der Waals surface area contributed by atoms with E-state index in [-0.39, 0.29) is 0 Å². The van der Waals surface area contributed by atoms with Gasteiger partial charge in [0.1, 0.15) is 6.17 Å². The van der Waals surface area contributed by atoms with Gasteiger partial charge in [0.05, 0.1) is 0 Å². The Morgan fingerprint density at radius 2 is 2.17 bits per heavy atom. The van der Waals surface area contributed by atoms with E-state index in [1.165, 1.54) is 5.56 Å². The van der Waals surface area contributed by atoms with E-state index in [2.05, 4.69) is 11.4 Å². The number of alkyl halides is 1. The molecule has 0 aromatic heterocycles. The minimum atomic E-state index is -0.839. The summed E-state index contributed by atoms with van der Waals surface area (Å²) in [5.74, 6) is 0.478. The van der Waals surface area contributed by atoms with Crippen LogP contribution in [0.2, 0.25) is 0 Å². The summed E-state index contributed by atoms with van der Waals surface area (Å²) in [6.07, 6.45) is 2.83. The summed E-state index contributed by atoms with van der Waals surface area (Å²) < 4.78 is 19.8. The lowest BCUT2D eigenvalue weighted by Gasteiger charge is -2.24. The van der Waals surface area contributed by atoms with Crippen LogP contribution in [0.5, 0.6) is 0 Å². The maximum Gasteiger partial charge on any atom is 0.127 e. The number of fused-ring (bicyclic) bond motifs is 1. The van der Waals surface area contributed by atoms with E-state index < -0.39 is 6.17 Å². The summed E-state index contributed by atoms with van der Waals surface area (Å²) in [6, 6.07) is 6.01. The molecule has 98 valence electrons. The van der Waals surface area contributed by atoms with Gasteiger partial charge in [-0.3, -0.25) is 0 Å². The van der Waals surface area contributed by atoms with Gasteiger partial charge in [-0.15, -0.1) is 0 Å². The molecular weight excluding hydrogens is 229 g/mol. The van der Waals surface area contributed by atoms with E-state index in [1.807, 2.05) is 12.1 Å². The summed E-state index contributed by atoms with van der Waals surface area (Å²) >= 11 is 0. The number of rotatable bonds is 3. The Kier molecular flexibility index (Phi) is 3.50. The van der Waals surface area contributed by atoms with Crippen molar-refractivity contribution in [2.75, 3.05) is 25.1 Å². The number of para-hydroxylation sites is 1. The summed E-state index contributed by atoms with van der Waals surface area (Å²) in [5, 5.41) is 3.32. The standard InChI is InChI=1S/C15H20FNO/c16-14(10-11-5-8-18-9-6-11)13-3-1-2-12-4-7-17-15(12)13/h1-3,11,14,17H,4-10H2. The Hall–Kier alpha value is -1.09. The van der Waals surface area contributed by atoms with Gasteiger partial charge in [0.25, 0.3) is 0 Å². The third-order valence-electron chi connectivity index (χ3n) is 4.10. The molecule has 3 rings (SSSR count). The van der Waals surface area contributed by atoms with Crippen molar-refractivity contribution in [3.8, 4) is 0 Å². The molecule has 18 heavy (non-hydrogen) atoms. The molecule has 1 fully saturated rings. The minimum absolute atomic E-state index is 0.478. The largest absolute Gasteiger partial charge is 0.384 e. The molecule has 0 aliphatic carbocycles. The summed E-state index contributed by atoms with van der Waals surface area (Å²) in [7, 11) is 0. The van der Waals surface area contributed by atoms with Crippen LogP contribution in [0.25, 0.3) is 0 Å². The van der Waals surface area contributed by atoms with E-state index in [0.717, 1.165) is 50.3 Å². The van der Waals surface area contributed by atoms with E-state index >= 15 is 0 Å². The van der Waals surface area contributed by atoms with Crippen LogP contribution in [0.15, 0.2) is 18.2 Å². The van der Waals surface area contributed by atoms with Crippen LogP contribution in [0, 0.1) is 5.92 Å². The first kappa shape index (κ1) is 12.0. The second-order valence-corrected chi connectivity index (χ2v) is 5.32. The molecule has 2 aliphatic heterocycles. The Bertz CT molecular complexity index is 415. The normalized spacial score (nSPS) is 21.4. The highest BCUT2D eigenvalue weighted by Gasteiger charge is 2.24. The Morgan fingerprint density at radius 3 is 3.00 bits per heavy atom. The number of benzene rings is 1. The fourth-order valence-electron chi connectivity index (χ4n) is 3.03. The lowest BCUT2D eigenvalue weighted by molar-refractivity contribution is 0.0555. The molecule has 2 heterocycles. The highest BCUT2D eigenvalue weighted by atomic mass is 19.1. The van der Waals surface area contributed by atoms with Gasteiger partial charge in [-0.2, -0.15) is 0 Å². The Balaban J connectivity index is 1.72. The molecule has 1 aromatic carbocycles. The number of ether oxygens (including phenoxy) is 1. The molecule has 1 saturated heterocycles. The number of anilines is 1. The second kappa shape index (κ2) is 5.27. The number of hydrogen-bond acceptors (Lipinski definition) is 2. The quantitative estimate of drug-likeness (QED) is 0.885. The first-order valence-corrected chi connectivity index (χ1v) is 6.92. The van der Waals surface area contributed by atoms with E-state index in [0.29, 0.717) is 12.3 Å². The van der Waals surface area contributed by atoms with Gasteiger partial charge in [-0.25, -0.2) is 4.39 Å². The maximum absolute atomic E-state index is 14.5. The molecule has 1 N–H and O–H groups in total. The minimum Gasteiger partial charge on any atom is -0.384 e. The average molecular weight is 249 g/mol. The van der Waals surface area contributed by atoms with Gasteiger partial charge in [0, 0.05) is 31.0 Å². The summed E-state index contributed by atoms with van der Waals surface area (Å²) in [5.41, 5.74) is 3.18. The van der Waals surface area contributed by atoms with Gasteiger partial charge in [0.15, 0.2) is 0 Å². The topological polar surface area (TPSA) is 21.3 Å². The van der Waals surface area contributed by atoms with Crippen LogP contribution in [0.1, 0.15) is 36.6 Å². The van der Waals surface area contributed by atoms with Gasteiger partial charge in [-0.1, -0.05) is 18.2 Å². The van der Waals surface area contributed by atoms with Crippen LogP contribution in [-0.4, -0.2) is 19.8 Å². The number of halogens is 1. The van der Waals surface area contributed by atoms with Crippen LogP contribution in [-0.2, 0) is 11.2 Å². The van der Waals surface area contributed by atoms with Crippen LogP contribution < -0.4 is 5.32 Å². The molecule has 3 heteroatoms. The molecule has 2 nitrogen and oxygen atoms in total. The zero-order valence-electron chi connectivity index (χ0n) is 10.6. The van der Waals surface area contributed by atoms with Gasteiger partial charge < -0.3 is 10.1 Å². The molecule has 0 saturated carbocycles. The van der Waals surface area contributed by atoms with E-state index in [1.54, 1.807) is 0 Å². The third-order valence-corrected chi connectivity index (χ3v) is 4.10. The molecule has 1 atom stereocenters. The van der Waals surface area contributed by atoms with Crippen molar-refractivity contribution in [2.45, 2.75) is 31.9 Å². The zero-order valence-corrected chi connectivity index (χ0v) is 10.6. The van der Waals surface area contributed by atoms with Crippen molar-refractivity contribution in [1.29, 1.82) is 0 Å². The van der Waals surface area contributed by atoms with Crippen molar-refractivity contribution in [2.24, 2.45) is 5.92 Å². The van der Waals surface area contributed by atoms with E-state index in [9.17, 15) is 4.39 Å². The molecular formula is C15H20FNO. The molecule has 0 radical (unpaired) electrons. The van der Waals surface area contributed by atoms with Crippen molar-refractivity contribution < 1.29 is 9.13 Å². The molecule has 0 bridgehead atoms. The number of hydrogen-bond donors (Lipinski definition) is 1. The maximum atomic E-state index is 14.5. The molecule has 0 amide bonds. The molecule has 2 aliphatic rings. The average Bonchev–Trinajstić information content (AvgIpc) is 2.87. The fourth-order valence-corrected chi connectivity index (χ4v) is 3.03. The van der Waals surface area contributed by atoms with Crippen LogP contribution in [0.4, 0.5) is 10.1 Å². The number of nitrogens with one attached hydrogen (secondary N) is 1. The summed E-state index contributed by atoms with van der Waals surface area (Å²) in [4.78, 5) is 0. The predicted octanol–water partition coefficient (Wildman–Crippen LogP) is 3.48. The van der Waals surface area contributed by atoms with Crippen LogP contribution in [0.3, 0.4) is 0 Å². The van der Waals surface area contributed by atoms with Gasteiger partial charge in [-0.05, 0) is 37.2 Å². The lowest BCUT2D eigenvalue weighted by atomic mass is 9.90. The first-order valence-electron chi connectivity index (χ1n) is 6.92. The lowest BCUT2D eigenvalue weighted by Crippen LogP contribution is -2.17. The molecule has 0 spiro atoms. The van der Waals surface area contributed by atoms with Crippen molar-refractivity contribution in [1.82, 2.24) is 0 Å². The zero-order chi connectivity index (χ0) is 12.4. The van der Waals surface area contributed by atoms with Crippen molar-refractivity contribution >= 4 is 5.69 Å².